The number of thiazole rings is 1. The Morgan fingerprint density at radius 2 is 1.78 bits per heavy atom. The number of carbonyl (C=O) groups excluding carboxylic acids is 2. The molecule has 36 heavy (non-hydrogen) atoms. The molecule has 180 valence electrons. The van der Waals surface area contributed by atoms with Crippen LogP contribution in [0.3, 0.4) is 0 Å². The Balaban J connectivity index is 1.54. The summed E-state index contributed by atoms with van der Waals surface area (Å²) >= 11 is 10.8. The molecule has 1 N–H and O–H groups in total. The first-order chi connectivity index (χ1) is 17.4. The average Bonchev–Trinajstić information content (AvgIpc) is 3.41. The Morgan fingerprint density at radius 1 is 1.03 bits per heavy atom. The number of carbonyl (C=O) groups is 2. The zero-order chi connectivity index (χ0) is 25.0. The Kier molecular flexibility index (Phi) is 5.70. The number of fused-ring (bicyclic) bond motifs is 2. The number of Topliss-reactive ketones (excluding diaryl/α,β-unsaturated/α-hetero) is 1. The van der Waals surface area contributed by atoms with Gasteiger partial charge in [-0.25, -0.2) is 4.98 Å². The van der Waals surface area contributed by atoms with Crippen LogP contribution in [0.15, 0.2) is 70.7 Å². The van der Waals surface area contributed by atoms with Crippen molar-refractivity contribution in [2.45, 2.75) is 6.04 Å². The standard InChI is InChI=1S/C26H16BrClN2O5S/c27-15-4-1-13(2-5-15)22-21(23(31)14-3-8-18-19(11-14)35-10-9-34-18)24(32)25(33)30(22)26-29-17-7-6-16(28)12-20(17)36-26/h1-8,11-12,22,31H,9-10H2. The Bertz CT molecular complexity index is 1580. The maximum atomic E-state index is 13.4. The highest BCUT2D eigenvalue weighted by atomic mass is 79.9. The molecule has 2 aliphatic heterocycles. The van der Waals surface area contributed by atoms with E-state index in [9.17, 15) is 14.7 Å². The highest BCUT2D eigenvalue weighted by Gasteiger charge is 2.48. The van der Waals surface area contributed by atoms with E-state index < -0.39 is 17.7 Å². The van der Waals surface area contributed by atoms with Crippen LogP contribution in [0.5, 0.6) is 11.5 Å². The SMILES string of the molecule is O=C1C(=O)N(c2nc3ccc(Cl)cc3s2)C(c2ccc(Br)cc2)C1=C(O)c1ccc2c(c1)OCCO2. The topological polar surface area (TPSA) is 89.0 Å². The molecule has 3 heterocycles. The lowest BCUT2D eigenvalue weighted by Crippen LogP contribution is -2.29. The Labute approximate surface area is 222 Å². The number of aromatic nitrogens is 1. The number of anilines is 1. The van der Waals surface area contributed by atoms with Crippen LogP contribution in [0.4, 0.5) is 5.13 Å². The molecule has 3 aromatic carbocycles. The minimum absolute atomic E-state index is 0.0312. The van der Waals surface area contributed by atoms with Crippen LogP contribution < -0.4 is 14.4 Å². The number of amides is 1. The zero-order valence-electron chi connectivity index (χ0n) is 18.4. The van der Waals surface area contributed by atoms with Crippen LogP contribution in [0.2, 0.25) is 5.02 Å². The van der Waals surface area contributed by atoms with E-state index in [1.807, 2.05) is 12.1 Å². The van der Waals surface area contributed by atoms with E-state index in [0.717, 1.165) is 9.17 Å². The molecule has 7 nitrogen and oxygen atoms in total. The fourth-order valence-electron chi connectivity index (χ4n) is 4.33. The van der Waals surface area contributed by atoms with Crippen molar-refractivity contribution in [1.29, 1.82) is 0 Å². The molecule has 1 aromatic heterocycles. The highest BCUT2D eigenvalue weighted by molar-refractivity contribution is 9.10. The number of aliphatic hydroxyl groups excluding tert-OH is 1. The smallest absolute Gasteiger partial charge is 0.301 e. The molecule has 0 saturated carbocycles. The highest BCUT2D eigenvalue weighted by Crippen LogP contribution is 2.45. The molecule has 10 heteroatoms. The van der Waals surface area contributed by atoms with Gasteiger partial charge in [0, 0.05) is 15.1 Å². The van der Waals surface area contributed by atoms with Gasteiger partial charge < -0.3 is 14.6 Å². The predicted octanol–water partition coefficient (Wildman–Crippen LogP) is 6.11. The second kappa shape index (κ2) is 8.92. The maximum Gasteiger partial charge on any atom is 0.301 e. The van der Waals surface area contributed by atoms with Gasteiger partial charge in [0.1, 0.15) is 19.0 Å². The van der Waals surface area contributed by atoms with E-state index in [0.29, 0.717) is 51.5 Å². The van der Waals surface area contributed by atoms with Gasteiger partial charge in [-0.1, -0.05) is 51.0 Å². The summed E-state index contributed by atoms with van der Waals surface area (Å²) in [5, 5.41) is 12.3. The van der Waals surface area contributed by atoms with Gasteiger partial charge in [-0.05, 0) is 54.1 Å². The Hall–Kier alpha value is -3.40. The molecule has 0 spiro atoms. The van der Waals surface area contributed by atoms with Crippen molar-refractivity contribution in [3.63, 3.8) is 0 Å². The minimum atomic E-state index is -0.887. The van der Waals surface area contributed by atoms with Crippen molar-refractivity contribution in [2.24, 2.45) is 0 Å². The fraction of sp³-hybridized carbons (Fsp3) is 0.115. The van der Waals surface area contributed by atoms with Crippen molar-refractivity contribution < 1.29 is 24.2 Å². The average molecular weight is 584 g/mol. The molecule has 4 aromatic rings. The van der Waals surface area contributed by atoms with Gasteiger partial charge >= 0.3 is 5.91 Å². The third-order valence-corrected chi connectivity index (χ3v) is 7.77. The van der Waals surface area contributed by atoms with E-state index in [1.54, 1.807) is 48.5 Å². The number of ether oxygens (including phenoxy) is 2. The van der Waals surface area contributed by atoms with Crippen molar-refractivity contribution in [3.05, 3.63) is 86.9 Å². The molecular weight excluding hydrogens is 568 g/mol. The number of rotatable bonds is 3. The summed E-state index contributed by atoms with van der Waals surface area (Å²) in [5.41, 5.74) is 1.61. The molecule has 0 radical (unpaired) electrons. The van der Waals surface area contributed by atoms with E-state index in [4.69, 9.17) is 21.1 Å². The first-order valence-electron chi connectivity index (χ1n) is 10.9. The predicted molar refractivity (Wildman–Crippen MR) is 141 cm³/mol. The van der Waals surface area contributed by atoms with Crippen molar-refractivity contribution >= 4 is 71.7 Å². The summed E-state index contributed by atoms with van der Waals surface area (Å²) in [6.07, 6.45) is 0. The molecule has 1 unspecified atom stereocenters. The van der Waals surface area contributed by atoms with E-state index in [-0.39, 0.29) is 11.3 Å². The summed E-state index contributed by atoms with van der Waals surface area (Å²) < 4.78 is 12.8. The number of nitrogens with zero attached hydrogens (tertiary/aromatic N) is 2. The van der Waals surface area contributed by atoms with Gasteiger partial charge in [0.25, 0.3) is 5.78 Å². The molecule has 1 amide bonds. The van der Waals surface area contributed by atoms with Crippen LogP contribution in [0, 0.1) is 0 Å². The third-order valence-electron chi connectivity index (χ3n) is 5.99. The van der Waals surface area contributed by atoms with Crippen molar-refractivity contribution in [3.8, 4) is 11.5 Å². The van der Waals surface area contributed by atoms with Crippen LogP contribution in [-0.2, 0) is 9.59 Å². The summed E-state index contributed by atoms with van der Waals surface area (Å²) in [6, 6.07) is 16.5. The molecule has 0 bridgehead atoms. The summed E-state index contributed by atoms with van der Waals surface area (Å²) in [4.78, 5) is 32.7. The van der Waals surface area contributed by atoms with Gasteiger partial charge in [0.05, 0.1) is 21.8 Å². The number of halogens is 2. The van der Waals surface area contributed by atoms with Gasteiger partial charge in [0.2, 0.25) is 0 Å². The molecule has 6 rings (SSSR count). The zero-order valence-corrected chi connectivity index (χ0v) is 21.6. The van der Waals surface area contributed by atoms with Gasteiger partial charge in [-0.3, -0.25) is 14.5 Å². The van der Waals surface area contributed by atoms with Crippen LogP contribution in [0.25, 0.3) is 16.0 Å². The lowest BCUT2D eigenvalue weighted by atomic mass is 9.95. The largest absolute Gasteiger partial charge is 0.507 e. The van der Waals surface area contributed by atoms with Crippen LogP contribution in [0.1, 0.15) is 17.2 Å². The van der Waals surface area contributed by atoms with E-state index >= 15 is 0 Å². The fourth-order valence-corrected chi connectivity index (χ4v) is 5.86. The lowest BCUT2D eigenvalue weighted by Gasteiger charge is -2.23. The van der Waals surface area contributed by atoms with Gasteiger partial charge in [-0.2, -0.15) is 0 Å². The molecule has 1 atom stereocenters. The van der Waals surface area contributed by atoms with Gasteiger partial charge in [0.15, 0.2) is 16.6 Å². The number of benzene rings is 3. The molecule has 1 fully saturated rings. The molecule has 1 saturated heterocycles. The normalized spacial score (nSPS) is 18.7. The monoisotopic (exact) mass is 582 g/mol. The number of aliphatic hydroxyl groups is 1. The first kappa shape index (κ1) is 23.0. The lowest BCUT2D eigenvalue weighted by molar-refractivity contribution is -0.132. The third kappa shape index (κ3) is 3.84. The quantitative estimate of drug-likeness (QED) is 0.178. The van der Waals surface area contributed by atoms with Crippen LogP contribution >= 0.6 is 38.9 Å². The summed E-state index contributed by atoms with van der Waals surface area (Å²) in [7, 11) is 0. The van der Waals surface area contributed by atoms with E-state index in [2.05, 4.69) is 20.9 Å². The molecular formula is C26H16BrClN2O5S. The number of ketones is 1. The molecule has 0 aliphatic carbocycles. The second-order valence-corrected chi connectivity index (χ2v) is 10.5. The van der Waals surface area contributed by atoms with Gasteiger partial charge in [-0.15, -0.1) is 0 Å². The molecule has 2 aliphatic rings. The van der Waals surface area contributed by atoms with Crippen molar-refractivity contribution in [1.82, 2.24) is 4.98 Å². The minimum Gasteiger partial charge on any atom is -0.507 e. The summed E-state index contributed by atoms with van der Waals surface area (Å²) in [6.45, 7) is 0.808. The number of hydrogen-bond acceptors (Lipinski definition) is 7. The van der Waals surface area contributed by atoms with Crippen molar-refractivity contribution in [2.75, 3.05) is 18.1 Å². The Morgan fingerprint density at radius 3 is 2.56 bits per heavy atom. The van der Waals surface area contributed by atoms with Crippen LogP contribution in [-0.4, -0.2) is 35.0 Å². The van der Waals surface area contributed by atoms with E-state index in [1.165, 1.54) is 16.2 Å². The summed E-state index contributed by atoms with van der Waals surface area (Å²) in [5.74, 6) is -0.858. The number of hydrogen-bond donors (Lipinski definition) is 1. The first-order valence-corrected chi connectivity index (χ1v) is 12.9. The second-order valence-electron chi connectivity index (χ2n) is 8.19. The maximum absolute atomic E-state index is 13.4.